The van der Waals surface area contributed by atoms with Gasteiger partial charge in [-0.15, -0.1) is 0 Å². The molecule has 1 heterocycles. The van der Waals surface area contributed by atoms with E-state index in [1.807, 2.05) is 0 Å². The zero-order valence-corrected chi connectivity index (χ0v) is 10.2. The topological polar surface area (TPSA) is 64.7 Å². The molecule has 0 bridgehead atoms. The Labute approximate surface area is 98.1 Å². The van der Waals surface area contributed by atoms with E-state index in [-0.39, 0.29) is 12.1 Å². The van der Waals surface area contributed by atoms with E-state index in [1.54, 1.807) is 0 Å². The number of aliphatic hydroxyl groups is 1. The van der Waals surface area contributed by atoms with E-state index in [1.165, 1.54) is 25.7 Å². The summed E-state index contributed by atoms with van der Waals surface area (Å²) in [4.78, 5) is 0. The number of unbranched alkanes of at least 4 members (excludes halogenated alkanes) is 4. The third-order valence-corrected chi connectivity index (χ3v) is 3.00. The highest BCUT2D eigenvalue weighted by molar-refractivity contribution is 4.85. The summed E-state index contributed by atoms with van der Waals surface area (Å²) in [6.07, 6.45) is 5.37. The van der Waals surface area contributed by atoms with Gasteiger partial charge in [0.1, 0.15) is 6.10 Å². The van der Waals surface area contributed by atoms with Gasteiger partial charge < -0.3 is 20.3 Å². The van der Waals surface area contributed by atoms with Crippen molar-refractivity contribution in [3.05, 3.63) is 0 Å². The van der Waals surface area contributed by atoms with Crippen molar-refractivity contribution in [3.8, 4) is 0 Å². The molecule has 0 radical (unpaired) electrons. The van der Waals surface area contributed by atoms with Crippen molar-refractivity contribution < 1.29 is 14.6 Å². The number of ether oxygens (including phenoxy) is 2. The molecule has 0 unspecified atom stereocenters. The van der Waals surface area contributed by atoms with Crippen molar-refractivity contribution in [2.24, 2.45) is 5.73 Å². The SMILES string of the molecule is CCCCCCCOC[C@@H]1OC[C@H](N)[C@@H]1O. The van der Waals surface area contributed by atoms with Gasteiger partial charge in [0.05, 0.1) is 25.4 Å². The van der Waals surface area contributed by atoms with E-state index < -0.39 is 6.10 Å². The van der Waals surface area contributed by atoms with Gasteiger partial charge in [0.25, 0.3) is 0 Å². The normalized spacial score (nSPS) is 29.8. The number of hydrogen-bond acceptors (Lipinski definition) is 4. The zero-order chi connectivity index (χ0) is 11.8. The van der Waals surface area contributed by atoms with Crippen molar-refractivity contribution in [1.29, 1.82) is 0 Å². The average molecular weight is 231 g/mol. The molecule has 0 aliphatic carbocycles. The summed E-state index contributed by atoms with van der Waals surface area (Å²) in [5, 5.41) is 9.60. The quantitative estimate of drug-likeness (QED) is 0.613. The second-order valence-electron chi connectivity index (χ2n) is 4.52. The predicted molar refractivity (Wildman–Crippen MR) is 63.3 cm³/mol. The van der Waals surface area contributed by atoms with Crippen LogP contribution in [0.25, 0.3) is 0 Å². The van der Waals surface area contributed by atoms with E-state index in [9.17, 15) is 5.11 Å². The summed E-state index contributed by atoms with van der Waals surface area (Å²) in [7, 11) is 0. The van der Waals surface area contributed by atoms with Gasteiger partial charge in [-0.1, -0.05) is 32.6 Å². The highest BCUT2D eigenvalue weighted by Crippen LogP contribution is 2.13. The molecule has 4 heteroatoms. The highest BCUT2D eigenvalue weighted by atomic mass is 16.5. The van der Waals surface area contributed by atoms with Gasteiger partial charge in [0, 0.05) is 6.61 Å². The van der Waals surface area contributed by atoms with Crippen molar-refractivity contribution in [2.45, 2.75) is 57.3 Å². The smallest absolute Gasteiger partial charge is 0.108 e. The van der Waals surface area contributed by atoms with Crippen LogP contribution in [0.1, 0.15) is 39.0 Å². The van der Waals surface area contributed by atoms with Crippen LogP contribution in [0.4, 0.5) is 0 Å². The fourth-order valence-corrected chi connectivity index (χ4v) is 1.86. The van der Waals surface area contributed by atoms with Crippen molar-refractivity contribution in [1.82, 2.24) is 0 Å². The van der Waals surface area contributed by atoms with E-state index in [0.717, 1.165) is 13.0 Å². The fraction of sp³-hybridized carbons (Fsp3) is 1.00. The van der Waals surface area contributed by atoms with Crippen LogP contribution in [0.3, 0.4) is 0 Å². The number of aliphatic hydroxyl groups excluding tert-OH is 1. The number of nitrogens with two attached hydrogens (primary N) is 1. The maximum atomic E-state index is 9.60. The van der Waals surface area contributed by atoms with Crippen LogP contribution in [-0.2, 0) is 9.47 Å². The second-order valence-corrected chi connectivity index (χ2v) is 4.52. The Hall–Kier alpha value is -0.160. The lowest BCUT2D eigenvalue weighted by atomic mass is 10.1. The summed E-state index contributed by atoms with van der Waals surface area (Å²) >= 11 is 0. The fourth-order valence-electron chi connectivity index (χ4n) is 1.86. The van der Waals surface area contributed by atoms with Gasteiger partial charge in [-0.2, -0.15) is 0 Å². The van der Waals surface area contributed by atoms with E-state index in [4.69, 9.17) is 15.2 Å². The first kappa shape index (κ1) is 13.9. The molecule has 0 aromatic rings. The van der Waals surface area contributed by atoms with Crippen molar-refractivity contribution >= 4 is 0 Å². The van der Waals surface area contributed by atoms with E-state index in [0.29, 0.717) is 13.2 Å². The Morgan fingerprint density at radius 1 is 1.31 bits per heavy atom. The molecule has 0 saturated carbocycles. The molecule has 0 aromatic heterocycles. The first-order chi connectivity index (χ1) is 7.75. The third kappa shape index (κ3) is 4.78. The summed E-state index contributed by atoms with van der Waals surface area (Å²) in [6.45, 7) is 3.86. The van der Waals surface area contributed by atoms with Crippen LogP contribution in [0.2, 0.25) is 0 Å². The molecule has 3 atom stereocenters. The molecule has 1 aliphatic heterocycles. The van der Waals surface area contributed by atoms with E-state index in [2.05, 4.69) is 6.92 Å². The van der Waals surface area contributed by atoms with Gasteiger partial charge in [-0.3, -0.25) is 0 Å². The Balaban J connectivity index is 1.91. The monoisotopic (exact) mass is 231 g/mol. The van der Waals surface area contributed by atoms with Crippen LogP contribution in [0, 0.1) is 0 Å². The van der Waals surface area contributed by atoms with Crippen LogP contribution >= 0.6 is 0 Å². The summed E-state index contributed by atoms with van der Waals surface area (Å²) in [5.74, 6) is 0. The maximum Gasteiger partial charge on any atom is 0.108 e. The standard InChI is InChI=1S/C12H25NO3/c1-2-3-4-5-6-7-15-9-11-12(14)10(13)8-16-11/h10-12,14H,2-9,13H2,1H3/t10-,11-,12-/m0/s1. The van der Waals surface area contributed by atoms with Crippen LogP contribution in [-0.4, -0.2) is 43.2 Å². The minimum atomic E-state index is -0.569. The summed E-state index contributed by atoms with van der Waals surface area (Å²) < 4.78 is 10.8. The van der Waals surface area contributed by atoms with Gasteiger partial charge in [0.2, 0.25) is 0 Å². The third-order valence-electron chi connectivity index (χ3n) is 3.00. The van der Waals surface area contributed by atoms with Crippen molar-refractivity contribution in [2.75, 3.05) is 19.8 Å². The van der Waals surface area contributed by atoms with Gasteiger partial charge >= 0.3 is 0 Å². The lowest BCUT2D eigenvalue weighted by Crippen LogP contribution is -2.38. The molecular weight excluding hydrogens is 206 g/mol. The minimum Gasteiger partial charge on any atom is -0.389 e. The molecule has 1 aliphatic rings. The number of rotatable bonds is 8. The zero-order valence-electron chi connectivity index (χ0n) is 10.2. The van der Waals surface area contributed by atoms with Crippen LogP contribution in [0.5, 0.6) is 0 Å². The lowest BCUT2D eigenvalue weighted by Gasteiger charge is -2.15. The lowest BCUT2D eigenvalue weighted by molar-refractivity contribution is -0.0251. The molecule has 1 saturated heterocycles. The first-order valence-electron chi connectivity index (χ1n) is 6.38. The van der Waals surface area contributed by atoms with Gasteiger partial charge in [0.15, 0.2) is 0 Å². The molecule has 16 heavy (non-hydrogen) atoms. The highest BCUT2D eigenvalue weighted by Gasteiger charge is 2.33. The van der Waals surface area contributed by atoms with Gasteiger partial charge in [-0.25, -0.2) is 0 Å². The first-order valence-corrected chi connectivity index (χ1v) is 6.38. The van der Waals surface area contributed by atoms with Crippen LogP contribution in [0.15, 0.2) is 0 Å². The average Bonchev–Trinajstić information content (AvgIpc) is 2.59. The molecule has 0 amide bonds. The maximum absolute atomic E-state index is 9.60. The summed E-state index contributed by atoms with van der Waals surface area (Å²) in [5.41, 5.74) is 5.62. The molecule has 0 spiro atoms. The van der Waals surface area contributed by atoms with Gasteiger partial charge in [-0.05, 0) is 6.42 Å². The second kappa shape index (κ2) is 8.01. The molecule has 0 aromatic carbocycles. The van der Waals surface area contributed by atoms with E-state index >= 15 is 0 Å². The summed E-state index contributed by atoms with van der Waals surface area (Å²) in [6, 6.07) is -0.252. The molecular formula is C12H25NO3. The molecule has 96 valence electrons. The largest absolute Gasteiger partial charge is 0.389 e. The number of hydrogen-bond donors (Lipinski definition) is 2. The predicted octanol–water partition coefficient (Wildman–Crippen LogP) is 1.06. The molecule has 1 rings (SSSR count). The molecule has 1 fully saturated rings. The Bertz CT molecular complexity index is 178. The van der Waals surface area contributed by atoms with Crippen molar-refractivity contribution in [3.63, 3.8) is 0 Å². The minimum absolute atomic E-state index is 0.231. The van der Waals surface area contributed by atoms with Crippen LogP contribution < -0.4 is 5.73 Å². The molecule has 4 nitrogen and oxygen atoms in total. The Morgan fingerprint density at radius 3 is 2.69 bits per heavy atom. The Morgan fingerprint density at radius 2 is 2.06 bits per heavy atom. The Kier molecular flexibility index (Phi) is 6.96. The molecule has 3 N–H and O–H groups in total.